The topological polar surface area (TPSA) is 84.7 Å². The Morgan fingerprint density at radius 2 is 2.00 bits per heavy atom. The highest BCUT2D eigenvalue weighted by Gasteiger charge is 2.35. The average molecular weight is 432 g/mol. The molecular weight excluding hydrogens is 414 g/mol. The number of benzene rings is 2. The van der Waals surface area contributed by atoms with Crippen LogP contribution in [0.4, 0.5) is 11.4 Å². The first kappa shape index (κ1) is 20.8. The Morgan fingerprint density at radius 3 is 2.62 bits per heavy atom. The van der Waals surface area contributed by atoms with Crippen molar-refractivity contribution in [2.75, 3.05) is 11.5 Å². The Labute approximate surface area is 178 Å². The van der Waals surface area contributed by atoms with Gasteiger partial charge in [-0.15, -0.1) is 0 Å². The summed E-state index contributed by atoms with van der Waals surface area (Å²) in [7, 11) is 0. The summed E-state index contributed by atoms with van der Waals surface area (Å²) < 4.78 is 5.26. The maximum absolute atomic E-state index is 12.8. The van der Waals surface area contributed by atoms with Crippen LogP contribution in [0.15, 0.2) is 59.8 Å². The molecule has 2 aromatic rings. The molecule has 1 N–H and O–H groups in total. The van der Waals surface area contributed by atoms with Gasteiger partial charge in [0.1, 0.15) is 0 Å². The lowest BCUT2D eigenvalue weighted by molar-refractivity contribution is -0.384. The lowest BCUT2D eigenvalue weighted by Crippen LogP contribution is -2.48. The number of hydrogen-bond acceptors (Lipinski definition) is 5. The van der Waals surface area contributed by atoms with Gasteiger partial charge in [-0.25, -0.2) is 4.79 Å². The Kier molecular flexibility index (Phi) is 6.14. The molecule has 0 spiro atoms. The molecule has 0 aliphatic carbocycles. The van der Waals surface area contributed by atoms with Crippen molar-refractivity contribution in [1.29, 1.82) is 0 Å². The number of non-ortho nitro benzene ring substituents is 1. The average Bonchev–Trinajstić information content (AvgIpc) is 2.69. The van der Waals surface area contributed by atoms with E-state index in [0.29, 0.717) is 27.0 Å². The summed E-state index contributed by atoms with van der Waals surface area (Å²) in [6, 6.07) is 12.4. The maximum Gasteiger partial charge on any atom is 0.338 e. The summed E-state index contributed by atoms with van der Waals surface area (Å²) >= 11 is 11.5. The van der Waals surface area contributed by atoms with Gasteiger partial charge in [-0.3, -0.25) is 15.0 Å². The number of nitrogens with one attached hydrogen (secondary N) is 1. The number of esters is 1. The van der Waals surface area contributed by atoms with Crippen LogP contribution >= 0.6 is 23.8 Å². The fourth-order valence-electron chi connectivity index (χ4n) is 3.19. The molecule has 1 aliphatic heterocycles. The van der Waals surface area contributed by atoms with E-state index in [1.165, 1.54) is 12.1 Å². The van der Waals surface area contributed by atoms with Crippen molar-refractivity contribution >= 4 is 46.3 Å². The van der Waals surface area contributed by atoms with E-state index in [9.17, 15) is 14.9 Å². The van der Waals surface area contributed by atoms with Gasteiger partial charge in [-0.1, -0.05) is 23.7 Å². The second-order valence-corrected chi connectivity index (χ2v) is 7.09. The first-order chi connectivity index (χ1) is 13.8. The lowest BCUT2D eigenvalue weighted by Gasteiger charge is -2.37. The van der Waals surface area contributed by atoms with Gasteiger partial charge in [0.05, 0.1) is 23.1 Å². The van der Waals surface area contributed by atoms with E-state index in [4.69, 9.17) is 28.6 Å². The summed E-state index contributed by atoms with van der Waals surface area (Å²) in [5.74, 6) is -0.518. The third-order valence-electron chi connectivity index (χ3n) is 4.48. The van der Waals surface area contributed by atoms with Crippen LogP contribution in [0.3, 0.4) is 0 Å². The summed E-state index contributed by atoms with van der Waals surface area (Å²) in [5.41, 5.74) is 2.10. The third kappa shape index (κ3) is 4.23. The molecule has 0 aromatic heterocycles. The molecule has 0 amide bonds. The maximum atomic E-state index is 12.8. The highest BCUT2D eigenvalue weighted by Crippen LogP contribution is 2.35. The number of carbonyl (C=O) groups excluding carboxylic acids is 1. The minimum atomic E-state index is -0.676. The van der Waals surface area contributed by atoms with E-state index in [0.717, 1.165) is 5.69 Å². The number of nitro benzene ring substituents is 1. The number of carbonyl (C=O) groups is 1. The van der Waals surface area contributed by atoms with Crippen LogP contribution < -0.4 is 10.2 Å². The van der Waals surface area contributed by atoms with Crippen molar-refractivity contribution in [1.82, 2.24) is 5.32 Å². The molecule has 1 heterocycles. The first-order valence-corrected chi connectivity index (χ1v) is 9.60. The van der Waals surface area contributed by atoms with Crippen LogP contribution in [0.5, 0.6) is 0 Å². The van der Waals surface area contributed by atoms with Crippen LogP contribution in [0, 0.1) is 10.1 Å². The third-order valence-corrected chi connectivity index (χ3v) is 5.03. The van der Waals surface area contributed by atoms with E-state index in [2.05, 4.69) is 5.32 Å². The highest BCUT2D eigenvalue weighted by molar-refractivity contribution is 7.80. The van der Waals surface area contributed by atoms with Gasteiger partial charge in [-0.2, -0.15) is 0 Å². The van der Waals surface area contributed by atoms with E-state index in [1.807, 2.05) is 0 Å². The second-order valence-electron chi connectivity index (χ2n) is 6.27. The fraction of sp³-hybridized carbons (Fsp3) is 0.200. The van der Waals surface area contributed by atoms with Crippen molar-refractivity contribution in [2.45, 2.75) is 19.9 Å². The first-order valence-electron chi connectivity index (χ1n) is 8.82. The molecule has 0 radical (unpaired) electrons. The van der Waals surface area contributed by atoms with Crippen molar-refractivity contribution in [2.24, 2.45) is 0 Å². The quantitative estimate of drug-likeness (QED) is 0.322. The highest BCUT2D eigenvalue weighted by atomic mass is 35.5. The standard InChI is InChI=1S/C20H18ClN3O4S/c1-3-28-19(25)17-12(2)23(15-9-7-14(21)8-10-15)20(29)22-18(17)13-5-4-6-16(11-13)24(26)27/h4-11,18H,3H2,1-2H3,(H,22,29). The van der Waals surface area contributed by atoms with Gasteiger partial charge < -0.3 is 10.1 Å². The van der Waals surface area contributed by atoms with Gasteiger partial charge in [0.2, 0.25) is 0 Å². The summed E-state index contributed by atoms with van der Waals surface area (Å²) in [5, 5.41) is 15.2. The molecule has 0 bridgehead atoms. The molecule has 9 heteroatoms. The Balaban J connectivity index is 2.13. The number of anilines is 1. The normalized spacial score (nSPS) is 16.4. The van der Waals surface area contributed by atoms with Crippen molar-refractivity contribution in [3.63, 3.8) is 0 Å². The zero-order valence-electron chi connectivity index (χ0n) is 15.7. The molecule has 0 fully saturated rings. The van der Waals surface area contributed by atoms with Crippen LogP contribution in [-0.2, 0) is 9.53 Å². The molecule has 1 atom stereocenters. The molecular formula is C20H18ClN3O4S. The van der Waals surface area contributed by atoms with Crippen LogP contribution in [0.2, 0.25) is 5.02 Å². The van der Waals surface area contributed by atoms with Gasteiger partial charge in [0.15, 0.2) is 5.11 Å². The van der Waals surface area contributed by atoms with Crippen LogP contribution in [-0.4, -0.2) is 22.6 Å². The molecule has 29 heavy (non-hydrogen) atoms. The molecule has 0 saturated carbocycles. The van der Waals surface area contributed by atoms with Crippen LogP contribution in [0.25, 0.3) is 0 Å². The van der Waals surface area contributed by atoms with Crippen LogP contribution in [0.1, 0.15) is 25.5 Å². The van der Waals surface area contributed by atoms with Crippen molar-refractivity contribution in [3.8, 4) is 0 Å². The smallest absolute Gasteiger partial charge is 0.338 e. The van der Waals surface area contributed by atoms with Crippen molar-refractivity contribution in [3.05, 3.63) is 80.5 Å². The lowest BCUT2D eigenvalue weighted by atomic mass is 9.94. The minimum absolute atomic E-state index is 0.0730. The number of nitro groups is 1. The van der Waals surface area contributed by atoms with Gasteiger partial charge in [-0.05, 0) is 55.9 Å². The van der Waals surface area contributed by atoms with Gasteiger partial charge >= 0.3 is 5.97 Å². The van der Waals surface area contributed by atoms with E-state index >= 15 is 0 Å². The minimum Gasteiger partial charge on any atom is -0.463 e. The Morgan fingerprint density at radius 1 is 1.31 bits per heavy atom. The number of hydrogen-bond donors (Lipinski definition) is 1. The molecule has 1 unspecified atom stereocenters. The number of ether oxygens (including phenoxy) is 1. The van der Waals surface area contributed by atoms with E-state index < -0.39 is 16.9 Å². The van der Waals surface area contributed by atoms with E-state index in [1.54, 1.807) is 55.1 Å². The molecule has 3 rings (SSSR count). The molecule has 1 aliphatic rings. The Bertz CT molecular complexity index is 1010. The molecule has 2 aromatic carbocycles. The largest absolute Gasteiger partial charge is 0.463 e. The number of rotatable bonds is 5. The van der Waals surface area contributed by atoms with Gasteiger partial charge in [0.25, 0.3) is 5.69 Å². The van der Waals surface area contributed by atoms with Crippen molar-refractivity contribution < 1.29 is 14.5 Å². The predicted molar refractivity (Wildman–Crippen MR) is 115 cm³/mol. The predicted octanol–water partition coefficient (Wildman–Crippen LogP) is 4.52. The fourth-order valence-corrected chi connectivity index (χ4v) is 3.67. The van der Waals surface area contributed by atoms with Gasteiger partial charge in [0, 0.05) is 28.5 Å². The second kappa shape index (κ2) is 8.59. The molecule has 0 saturated heterocycles. The Hall–Kier alpha value is -2.97. The number of allylic oxidation sites excluding steroid dienone is 1. The summed E-state index contributed by atoms with van der Waals surface area (Å²) in [6.45, 7) is 3.68. The summed E-state index contributed by atoms with van der Waals surface area (Å²) in [6.07, 6.45) is 0. The molecule has 150 valence electrons. The monoisotopic (exact) mass is 431 g/mol. The summed E-state index contributed by atoms with van der Waals surface area (Å²) in [4.78, 5) is 25.2. The van der Waals surface area contributed by atoms with E-state index in [-0.39, 0.29) is 12.3 Å². The molecule has 7 nitrogen and oxygen atoms in total. The number of halogens is 1. The zero-order valence-corrected chi connectivity index (χ0v) is 17.3. The zero-order chi connectivity index (χ0) is 21.1. The number of nitrogens with zero attached hydrogens (tertiary/aromatic N) is 2. The SMILES string of the molecule is CCOC(=O)C1=C(C)N(c2ccc(Cl)cc2)C(=S)NC1c1cccc([N+](=O)[O-])c1. The number of thiocarbonyl (C=S) groups is 1.